The maximum absolute atomic E-state index is 12.9. The van der Waals surface area contributed by atoms with Crippen molar-refractivity contribution in [2.75, 3.05) is 25.0 Å². The monoisotopic (exact) mass is 282 g/mol. The zero-order valence-corrected chi connectivity index (χ0v) is 11.7. The third kappa shape index (κ3) is 4.53. The van der Waals surface area contributed by atoms with Gasteiger partial charge in [-0.1, -0.05) is 0 Å². The topological polar surface area (TPSA) is 60.9 Å². The van der Waals surface area contributed by atoms with Gasteiger partial charge in [-0.2, -0.15) is 0 Å². The Bertz CT molecular complexity index is 462. The number of carboxylic acid groups (broad SMARTS) is 1. The highest BCUT2D eigenvalue weighted by Gasteiger charge is 2.18. The molecule has 20 heavy (non-hydrogen) atoms. The van der Waals surface area contributed by atoms with Crippen LogP contribution < -0.4 is 4.90 Å². The third-order valence-corrected chi connectivity index (χ3v) is 2.90. The minimum Gasteiger partial charge on any atom is -0.481 e. The first kappa shape index (κ1) is 15.9. The summed E-state index contributed by atoms with van der Waals surface area (Å²) in [5.74, 6) is -1.23. The summed E-state index contributed by atoms with van der Waals surface area (Å²) in [5, 5.41) is 8.57. The van der Waals surface area contributed by atoms with Crippen LogP contribution in [0.15, 0.2) is 24.3 Å². The Labute approximate surface area is 117 Å². The molecule has 110 valence electrons. The molecule has 0 fully saturated rings. The predicted octanol–water partition coefficient (Wildman–Crippen LogP) is 2.57. The van der Waals surface area contributed by atoms with Gasteiger partial charge in [0.1, 0.15) is 5.82 Å². The maximum atomic E-state index is 12.9. The van der Waals surface area contributed by atoms with Crippen LogP contribution in [-0.4, -0.2) is 42.1 Å². The van der Waals surface area contributed by atoms with Gasteiger partial charge in [0.05, 0.1) is 0 Å². The highest BCUT2D eigenvalue weighted by atomic mass is 19.1. The number of halogens is 1. The fourth-order valence-electron chi connectivity index (χ4n) is 1.82. The number of carbonyl (C=O) groups is 2. The quantitative estimate of drug-likeness (QED) is 0.872. The van der Waals surface area contributed by atoms with E-state index in [1.54, 1.807) is 19.2 Å². The molecule has 0 unspecified atom stereocenters. The number of aliphatic carboxylic acids is 1. The Hall–Kier alpha value is -2.11. The summed E-state index contributed by atoms with van der Waals surface area (Å²) in [7, 11) is 1.62. The maximum Gasteiger partial charge on any atom is 0.324 e. The van der Waals surface area contributed by atoms with Gasteiger partial charge in [-0.25, -0.2) is 9.18 Å². The number of nitrogens with zero attached hydrogens (tertiary/aromatic N) is 2. The molecule has 2 amide bonds. The van der Waals surface area contributed by atoms with E-state index in [9.17, 15) is 14.0 Å². The van der Waals surface area contributed by atoms with E-state index in [1.165, 1.54) is 21.9 Å². The normalized spacial score (nSPS) is 10.2. The van der Waals surface area contributed by atoms with Crippen molar-refractivity contribution in [3.05, 3.63) is 30.1 Å². The fourth-order valence-corrected chi connectivity index (χ4v) is 1.82. The van der Waals surface area contributed by atoms with Crippen LogP contribution >= 0.6 is 0 Å². The molecule has 0 aliphatic carbocycles. The summed E-state index contributed by atoms with van der Waals surface area (Å²) < 4.78 is 12.9. The van der Waals surface area contributed by atoms with Crippen molar-refractivity contribution in [2.45, 2.75) is 19.8 Å². The number of amides is 2. The lowest BCUT2D eigenvalue weighted by molar-refractivity contribution is -0.137. The number of benzene rings is 1. The molecule has 6 heteroatoms. The number of carbonyl (C=O) groups excluding carboxylic acids is 1. The molecule has 0 aromatic heterocycles. The van der Waals surface area contributed by atoms with Crippen molar-refractivity contribution < 1.29 is 19.1 Å². The molecule has 1 rings (SSSR count). The molecule has 1 aromatic carbocycles. The predicted molar refractivity (Wildman–Crippen MR) is 74.3 cm³/mol. The van der Waals surface area contributed by atoms with Crippen LogP contribution in [0.1, 0.15) is 19.8 Å². The van der Waals surface area contributed by atoms with E-state index in [0.29, 0.717) is 25.2 Å². The highest BCUT2D eigenvalue weighted by molar-refractivity contribution is 5.91. The van der Waals surface area contributed by atoms with Crippen LogP contribution in [0.25, 0.3) is 0 Å². The van der Waals surface area contributed by atoms with E-state index in [4.69, 9.17) is 5.11 Å². The minimum atomic E-state index is -0.878. The molecule has 0 saturated carbocycles. The van der Waals surface area contributed by atoms with Crippen LogP contribution in [0.4, 0.5) is 14.9 Å². The van der Waals surface area contributed by atoms with E-state index in [1.807, 2.05) is 6.92 Å². The standard InChI is InChI=1S/C14H19FN2O3/c1-3-17(12-8-6-11(15)7-9-12)14(20)16(2)10-4-5-13(18)19/h6-9H,3-5,10H2,1-2H3,(H,18,19). The average molecular weight is 282 g/mol. The molecular formula is C14H19FN2O3. The van der Waals surface area contributed by atoms with Crippen LogP contribution in [0.5, 0.6) is 0 Å². The van der Waals surface area contributed by atoms with Crippen molar-refractivity contribution in [3.8, 4) is 0 Å². The number of hydrogen-bond acceptors (Lipinski definition) is 2. The molecule has 0 bridgehead atoms. The number of urea groups is 1. The van der Waals surface area contributed by atoms with Crippen LogP contribution in [-0.2, 0) is 4.79 Å². The zero-order valence-electron chi connectivity index (χ0n) is 11.7. The van der Waals surface area contributed by atoms with Crippen molar-refractivity contribution in [2.24, 2.45) is 0 Å². The Morgan fingerprint density at radius 1 is 1.25 bits per heavy atom. The summed E-state index contributed by atoms with van der Waals surface area (Å²) in [5.41, 5.74) is 0.615. The molecule has 0 aliphatic heterocycles. The lowest BCUT2D eigenvalue weighted by Crippen LogP contribution is -2.41. The molecule has 0 heterocycles. The van der Waals surface area contributed by atoms with Gasteiger partial charge in [0.15, 0.2) is 0 Å². The van der Waals surface area contributed by atoms with Gasteiger partial charge in [-0.3, -0.25) is 9.69 Å². The summed E-state index contributed by atoms with van der Waals surface area (Å²) in [4.78, 5) is 25.7. The average Bonchev–Trinajstić information content (AvgIpc) is 2.41. The number of rotatable bonds is 6. The largest absolute Gasteiger partial charge is 0.481 e. The molecular weight excluding hydrogens is 263 g/mol. The van der Waals surface area contributed by atoms with E-state index in [0.717, 1.165) is 0 Å². The van der Waals surface area contributed by atoms with Gasteiger partial charge < -0.3 is 10.0 Å². The van der Waals surface area contributed by atoms with E-state index in [-0.39, 0.29) is 18.3 Å². The Kier molecular flexibility index (Phi) is 5.96. The minimum absolute atomic E-state index is 0.0281. The summed E-state index contributed by atoms with van der Waals surface area (Å²) in [6, 6.07) is 5.46. The SMILES string of the molecule is CCN(C(=O)N(C)CCCC(=O)O)c1ccc(F)cc1. The number of hydrogen-bond donors (Lipinski definition) is 1. The van der Waals surface area contributed by atoms with Gasteiger partial charge in [0, 0.05) is 32.2 Å². The first-order chi connectivity index (χ1) is 9.45. The zero-order chi connectivity index (χ0) is 15.1. The molecule has 1 N–H and O–H groups in total. The molecule has 0 saturated heterocycles. The smallest absolute Gasteiger partial charge is 0.324 e. The Balaban J connectivity index is 2.66. The number of anilines is 1. The lowest BCUT2D eigenvalue weighted by Gasteiger charge is -2.27. The molecule has 0 aliphatic rings. The van der Waals surface area contributed by atoms with E-state index < -0.39 is 5.97 Å². The second-order valence-electron chi connectivity index (χ2n) is 4.42. The molecule has 1 aromatic rings. The van der Waals surface area contributed by atoms with Gasteiger partial charge in [-0.05, 0) is 37.6 Å². The lowest BCUT2D eigenvalue weighted by atomic mass is 10.2. The third-order valence-electron chi connectivity index (χ3n) is 2.90. The molecule has 0 atom stereocenters. The highest BCUT2D eigenvalue weighted by Crippen LogP contribution is 2.16. The van der Waals surface area contributed by atoms with E-state index in [2.05, 4.69) is 0 Å². The Morgan fingerprint density at radius 2 is 1.85 bits per heavy atom. The first-order valence-corrected chi connectivity index (χ1v) is 6.45. The van der Waals surface area contributed by atoms with Crippen LogP contribution in [0.2, 0.25) is 0 Å². The summed E-state index contributed by atoms with van der Waals surface area (Å²) >= 11 is 0. The molecule has 5 nitrogen and oxygen atoms in total. The van der Waals surface area contributed by atoms with Gasteiger partial charge in [0.25, 0.3) is 0 Å². The Morgan fingerprint density at radius 3 is 2.35 bits per heavy atom. The summed E-state index contributed by atoms with van der Waals surface area (Å²) in [6.07, 6.45) is 0.429. The van der Waals surface area contributed by atoms with Crippen LogP contribution in [0.3, 0.4) is 0 Å². The van der Waals surface area contributed by atoms with Crippen molar-refractivity contribution >= 4 is 17.7 Å². The summed E-state index contributed by atoms with van der Waals surface area (Å²) in [6.45, 7) is 2.64. The van der Waals surface area contributed by atoms with Crippen molar-refractivity contribution in [1.82, 2.24) is 4.90 Å². The van der Waals surface area contributed by atoms with Gasteiger partial charge in [0.2, 0.25) is 0 Å². The fraction of sp³-hybridized carbons (Fsp3) is 0.429. The molecule has 0 radical (unpaired) electrons. The van der Waals surface area contributed by atoms with E-state index >= 15 is 0 Å². The first-order valence-electron chi connectivity index (χ1n) is 6.45. The second kappa shape index (κ2) is 7.47. The van der Waals surface area contributed by atoms with Crippen LogP contribution in [0, 0.1) is 5.82 Å². The molecule has 0 spiro atoms. The second-order valence-corrected chi connectivity index (χ2v) is 4.42. The van der Waals surface area contributed by atoms with Crippen molar-refractivity contribution in [3.63, 3.8) is 0 Å². The van der Waals surface area contributed by atoms with Gasteiger partial charge >= 0.3 is 12.0 Å². The van der Waals surface area contributed by atoms with Crippen molar-refractivity contribution in [1.29, 1.82) is 0 Å². The number of carboxylic acids is 1. The van der Waals surface area contributed by atoms with Gasteiger partial charge in [-0.15, -0.1) is 0 Å².